The van der Waals surface area contributed by atoms with Crippen LogP contribution >= 0.6 is 0 Å². The van der Waals surface area contributed by atoms with Gasteiger partial charge >= 0.3 is 5.60 Å². The van der Waals surface area contributed by atoms with Gasteiger partial charge in [-0.05, 0) is 0 Å². The van der Waals surface area contributed by atoms with Crippen LogP contribution in [0, 0.1) is 47.8 Å². The van der Waals surface area contributed by atoms with Crippen LogP contribution in [0.2, 0.25) is 0 Å². The first-order valence-electron chi connectivity index (χ1n) is 11.1. The lowest BCUT2D eigenvalue weighted by molar-refractivity contribution is -0.703. The Bertz CT molecular complexity index is 881. The average Bonchev–Trinajstić information content (AvgIpc) is 2.85. The fourth-order valence-corrected chi connectivity index (χ4v) is 2.52. The molecule has 2 aromatic rings. The van der Waals surface area contributed by atoms with Crippen LogP contribution in [0.5, 0.6) is 0 Å². The van der Waals surface area contributed by atoms with Crippen molar-refractivity contribution < 1.29 is 28.9 Å². The minimum atomic E-state index is -2.81. The number of pyridine rings is 2. The van der Waals surface area contributed by atoms with Crippen LogP contribution in [0.15, 0.2) is 48.8 Å². The molecule has 0 aromatic carbocycles. The first-order chi connectivity index (χ1) is 16.3. The molecule has 2 aromatic heterocycles. The fraction of sp³-hybridized carbons (Fsp3) is 0.458. The lowest BCUT2D eigenvalue weighted by Gasteiger charge is -2.25. The maximum Gasteiger partial charge on any atom is 0.354 e. The Morgan fingerprint density at radius 2 is 1.24 bits per heavy atom. The molecule has 0 fully saturated rings. The van der Waals surface area contributed by atoms with E-state index in [1.165, 1.54) is 37.1 Å². The summed E-state index contributed by atoms with van der Waals surface area (Å²) in [5.41, 5.74) is 0.148. The van der Waals surface area contributed by atoms with Gasteiger partial charge in [0, 0.05) is 51.0 Å². The highest BCUT2D eigenvalue weighted by atomic mass is 17.2. The Labute approximate surface area is 202 Å². The summed E-state index contributed by atoms with van der Waals surface area (Å²) in [5.74, 6) is 0. The van der Waals surface area contributed by atoms with Gasteiger partial charge in [-0.15, -0.1) is 0 Å². The maximum atomic E-state index is 9.69. The van der Waals surface area contributed by atoms with E-state index in [2.05, 4.69) is 95.3 Å². The molecule has 0 saturated carbocycles. The van der Waals surface area contributed by atoms with E-state index in [1.54, 1.807) is 0 Å². The zero-order valence-corrected chi connectivity index (χ0v) is 20.3. The van der Waals surface area contributed by atoms with E-state index in [1.807, 2.05) is 0 Å². The van der Waals surface area contributed by atoms with E-state index in [0.717, 1.165) is 31.3 Å². The van der Waals surface area contributed by atoms with Crippen molar-refractivity contribution in [1.82, 2.24) is 0 Å². The standard InChI is InChI=1S/2C10H16N.C4BN3O4/c2*1-3-4-8-11-9-6-5-7-10(11)2;6-1-4(2-7,3-8)11-12-5(9)10/h2*5-7,9H,3-4,8H2,1-2H3;/q2*+1;-2. The van der Waals surface area contributed by atoms with Gasteiger partial charge in [0.05, 0.1) is 0 Å². The first kappa shape index (κ1) is 30.7. The summed E-state index contributed by atoms with van der Waals surface area (Å²) in [7, 11) is -2.81. The van der Waals surface area contributed by atoms with Gasteiger partial charge < -0.3 is 14.9 Å². The van der Waals surface area contributed by atoms with E-state index in [-0.39, 0.29) is 0 Å². The second-order valence-electron chi connectivity index (χ2n) is 7.26. The highest BCUT2D eigenvalue weighted by Crippen LogP contribution is 2.06. The zero-order valence-electron chi connectivity index (χ0n) is 20.3. The molecule has 0 amide bonds. The van der Waals surface area contributed by atoms with Crippen molar-refractivity contribution in [3.8, 4) is 18.2 Å². The van der Waals surface area contributed by atoms with Crippen molar-refractivity contribution in [3.63, 3.8) is 0 Å². The summed E-state index contributed by atoms with van der Waals surface area (Å²) in [6, 6.07) is 16.0. The van der Waals surface area contributed by atoms with E-state index in [4.69, 9.17) is 15.8 Å². The number of aromatic nitrogens is 2. The van der Waals surface area contributed by atoms with Gasteiger partial charge in [0.1, 0.15) is 38.6 Å². The Morgan fingerprint density at radius 3 is 1.53 bits per heavy atom. The molecule has 0 aliphatic carbocycles. The van der Waals surface area contributed by atoms with Crippen LogP contribution in [0.4, 0.5) is 0 Å². The number of nitrogens with zero attached hydrogens (tertiary/aromatic N) is 5. The number of aryl methyl sites for hydroxylation is 4. The third-order valence-corrected chi connectivity index (χ3v) is 4.56. The van der Waals surface area contributed by atoms with Crippen LogP contribution in [0.1, 0.15) is 50.9 Å². The zero-order chi connectivity index (χ0) is 25.8. The summed E-state index contributed by atoms with van der Waals surface area (Å²) >= 11 is 0. The van der Waals surface area contributed by atoms with Gasteiger partial charge in [-0.25, -0.2) is 14.0 Å². The molecule has 0 N–H and O–H groups in total. The van der Waals surface area contributed by atoms with E-state index < -0.39 is 12.9 Å². The first-order valence-corrected chi connectivity index (χ1v) is 11.1. The predicted octanol–water partition coefficient (Wildman–Crippen LogP) is 1.11. The highest BCUT2D eigenvalue weighted by molar-refractivity contribution is 6.27. The van der Waals surface area contributed by atoms with Crippen LogP contribution in [0.25, 0.3) is 0 Å². The van der Waals surface area contributed by atoms with Crippen molar-refractivity contribution in [2.75, 3.05) is 0 Å². The molecule has 0 aliphatic heterocycles. The topological polar surface area (TPSA) is 144 Å². The van der Waals surface area contributed by atoms with Crippen LogP contribution in [-0.2, 0) is 22.8 Å². The van der Waals surface area contributed by atoms with Gasteiger partial charge in [-0.1, -0.05) is 38.8 Å². The van der Waals surface area contributed by atoms with Gasteiger partial charge in [-0.3, -0.25) is 0 Å². The second-order valence-corrected chi connectivity index (χ2v) is 7.26. The molecule has 0 saturated heterocycles. The molecule has 10 heteroatoms. The van der Waals surface area contributed by atoms with E-state index in [0.29, 0.717) is 0 Å². The fourth-order valence-electron chi connectivity index (χ4n) is 2.52. The van der Waals surface area contributed by atoms with Crippen LogP contribution in [0.3, 0.4) is 0 Å². The summed E-state index contributed by atoms with van der Waals surface area (Å²) < 4.78 is 4.59. The van der Waals surface area contributed by atoms with Gasteiger partial charge in [0.15, 0.2) is 23.8 Å². The van der Waals surface area contributed by atoms with Crippen LogP contribution < -0.4 is 19.2 Å². The Kier molecular flexibility index (Phi) is 16.4. The number of unbranched alkanes of at least 4 members (excludes halogenated alkanes) is 2. The predicted molar refractivity (Wildman–Crippen MR) is 120 cm³/mol. The quantitative estimate of drug-likeness (QED) is 0.234. The van der Waals surface area contributed by atoms with Gasteiger partial charge in [0.25, 0.3) is 0 Å². The van der Waals surface area contributed by atoms with Gasteiger partial charge in [-0.2, -0.15) is 15.8 Å². The lowest BCUT2D eigenvalue weighted by atomic mass is 10.1. The molecule has 9 nitrogen and oxygen atoms in total. The van der Waals surface area contributed by atoms with E-state index in [9.17, 15) is 10.0 Å². The third-order valence-electron chi connectivity index (χ3n) is 4.56. The molecular formula is C24H32BN5O4. The minimum Gasteiger partial charge on any atom is -0.868 e. The Morgan fingerprint density at radius 1 is 0.824 bits per heavy atom. The average molecular weight is 465 g/mol. The molecule has 34 heavy (non-hydrogen) atoms. The molecule has 180 valence electrons. The maximum absolute atomic E-state index is 9.69. The number of nitriles is 3. The molecule has 0 unspecified atom stereocenters. The molecule has 0 bridgehead atoms. The van der Waals surface area contributed by atoms with Gasteiger partial charge in [0.2, 0.25) is 0 Å². The Balaban J connectivity index is 0.000000481. The molecule has 2 rings (SSSR count). The minimum absolute atomic E-state index is 1.12. The molecule has 0 aliphatic rings. The number of hydrogen-bond acceptors (Lipinski definition) is 7. The summed E-state index contributed by atoms with van der Waals surface area (Å²) in [4.78, 5) is 7.13. The molecule has 2 heterocycles. The number of rotatable bonds is 9. The van der Waals surface area contributed by atoms with E-state index >= 15 is 0 Å². The molecule has 0 radical (unpaired) electrons. The molecule has 0 atom stereocenters. The van der Waals surface area contributed by atoms with Crippen LogP contribution in [-0.4, -0.2) is 12.9 Å². The summed E-state index contributed by atoms with van der Waals surface area (Å²) in [6.07, 6.45) is 9.36. The van der Waals surface area contributed by atoms with Crippen molar-refractivity contribution >= 4 is 7.32 Å². The van der Waals surface area contributed by atoms with Crippen molar-refractivity contribution in [2.24, 2.45) is 0 Å². The second kappa shape index (κ2) is 18.1. The Hall–Kier alpha value is -3.33. The summed E-state index contributed by atoms with van der Waals surface area (Å²) in [5, 5.41) is 43.9. The SMILES string of the molecule is CCCC[n+]1ccccc1C.CCCC[n+]1ccccc1C.N#CC(C#N)(C#N)OOB([O-])[O-]. The number of hydrogen-bond donors (Lipinski definition) is 0. The van der Waals surface area contributed by atoms with Crippen molar-refractivity contribution in [2.45, 2.75) is 72.1 Å². The smallest absolute Gasteiger partial charge is 0.354 e. The third kappa shape index (κ3) is 12.6. The highest BCUT2D eigenvalue weighted by Gasteiger charge is 2.32. The van der Waals surface area contributed by atoms with Crippen molar-refractivity contribution in [1.29, 1.82) is 15.8 Å². The van der Waals surface area contributed by atoms with Crippen molar-refractivity contribution in [3.05, 3.63) is 60.2 Å². The summed E-state index contributed by atoms with van der Waals surface area (Å²) in [6.45, 7) is 11.1. The molecule has 0 spiro atoms. The molecular weight excluding hydrogens is 433 g/mol. The lowest BCUT2D eigenvalue weighted by Crippen LogP contribution is -2.49. The normalized spacial score (nSPS) is 9.74. The largest absolute Gasteiger partial charge is 0.868 e. The monoisotopic (exact) mass is 465 g/mol.